The molecule has 2 rings (SSSR count). The molecular formula is C13H15N3O2S. The van der Waals surface area contributed by atoms with Crippen LogP contribution in [0.2, 0.25) is 0 Å². The average Bonchev–Trinajstić information content (AvgIpc) is 2.75. The summed E-state index contributed by atoms with van der Waals surface area (Å²) in [6, 6.07) is 7.32. The van der Waals surface area contributed by atoms with Crippen LogP contribution in [0.3, 0.4) is 0 Å². The summed E-state index contributed by atoms with van der Waals surface area (Å²) in [7, 11) is 0. The second kappa shape index (κ2) is 5.90. The van der Waals surface area contributed by atoms with Gasteiger partial charge in [-0.2, -0.15) is 0 Å². The number of hydrogen-bond donors (Lipinski definition) is 2. The van der Waals surface area contributed by atoms with E-state index in [1.54, 1.807) is 12.1 Å². The first kappa shape index (κ1) is 13.6. The number of aromatic nitrogens is 1. The Kier molecular flexibility index (Phi) is 4.24. The van der Waals surface area contributed by atoms with E-state index in [1.807, 2.05) is 26.0 Å². The molecule has 0 spiro atoms. The summed E-state index contributed by atoms with van der Waals surface area (Å²) in [6.07, 6.45) is 0. The molecular weight excluding hydrogens is 262 g/mol. The first-order chi connectivity index (χ1) is 9.11. The van der Waals surface area contributed by atoms with E-state index in [9.17, 15) is 4.79 Å². The van der Waals surface area contributed by atoms with Gasteiger partial charge in [-0.15, -0.1) is 0 Å². The van der Waals surface area contributed by atoms with Crippen LogP contribution in [0.4, 0.5) is 0 Å². The maximum Gasteiger partial charge on any atom is 0.265 e. The van der Waals surface area contributed by atoms with Crippen LogP contribution in [0.1, 0.15) is 27.4 Å². The summed E-state index contributed by atoms with van der Waals surface area (Å²) in [5.74, 6) is 6.29. The van der Waals surface area contributed by atoms with E-state index in [1.165, 1.54) is 11.8 Å². The SMILES string of the molecule is Cc1nc(SCc2ccccc2C(=O)NN)oc1C. The highest BCUT2D eigenvalue weighted by Crippen LogP contribution is 2.25. The topological polar surface area (TPSA) is 81.2 Å². The second-order valence-corrected chi connectivity index (χ2v) is 4.97. The van der Waals surface area contributed by atoms with Crippen LogP contribution < -0.4 is 11.3 Å². The van der Waals surface area contributed by atoms with Gasteiger partial charge in [-0.05, 0) is 25.5 Å². The van der Waals surface area contributed by atoms with Gasteiger partial charge < -0.3 is 4.42 Å². The number of hydrogen-bond acceptors (Lipinski definition) is 5. The zero-order valence-electron chi connectivity index (χ0n) is 10.8. The summed E-state index contributed by atoms with van der Waals surface area (Å²) in [5.41, 5.74) is 4.49. The Morgan fingerprint density at radius 3 is 2.79 bits per heavy atom. The minimum atomic E-state index is -0.295. The highest BCUT2D eigenvalue weighted by atomic mass is 32.2. The number of carbonyl (C=O) groups excluding carboxylic acids is 1. The third-order valence-electron chi connectivity index (χ3n) is 2.75. The molecule has 1 amide bonds. The molecule has 0 saturated carbocycles. The first-order valence-electron chi connectivity index (χ1n) is 5.77. The summed E-state index contributed by atoms with van der Waals surface area (Å²) in [4.78, 5) is 15.9. The minimum Gasteiger partial charge on any atom is -0.437 e. The third-order valence-corrected chi connectivity index (χ3v) is 3.63. The molecule has 0 atom stereocenters. The van der Waals surface area contributed by atoms with Gasteiger partial charge in [-0.25, -0.2) is 10.8 Å². The van der Waals surface area contributed by atoms with E-state index in [4.69, 9.17) is 10.3 Å². The van der Waals surface area contributed by atoms with E-state index in [2.05, 4.69) is 10.4 Å². The van der Waals surface area contributed by atoms with Crippen molar-refractivity contribution < 1.29 is 9.21 Å². The van der Waals surface area contributed by atoms with Gasteiger partial charge in [0.2, 0.25) is 0 Å². The molecule has 0 unspecified atom stereocenters. The monoisotopic (exact) mass is 277 g/mol. The number of nitrogen functional groups attached to an aromatic ring is 1. The van der Waals surface area contributed by atoms with E-state index < -0.39 is 0 Å². The summed E-state index contributed by atoms with van der Waals surface area (Å²) >= 11 is 1.45. The van der Waals surface area contributed by atoms with Crippen LogP contribution in [0.5, 0.6) is 0 Å². The Morgan fingerprint density at radius 2 is 2.16 bits per heavy atom. The highest BCUT2D eigenvalue weighted by Gasteiger charge is 2.11. The van der Waals surface area contributed by atoms with Crippen LogP contribution in [0, 0.1) is 13.8 Å². The zero-order valence-corrected chi connectivity index (χ0v) is 11.6. The molecule has 2 aromatic rings. The number of nitrogens with zero attached hydrogens (tertiary/aromatic N) is 1. The summed E-state index contributed by atoms with van der Waals surface area (Å²) in [5, 5.41) is 0.609. The molecule has 0 radical (unpaired) electrons. The fourth-order valence-electron chi connectivity index (χ4n) is 1.59. The van der Waals surface area contributed by atoms with E-state index in [0.29, 0.717) is 16.5 Å². The summed E-state index contributed by atoms with van der Waals surface area (Å²) < 4.78 is 5.49. The van der Waals surface area contributed by atoms with Crippen molar-refractivity contribution in [2.45, 2.75) is 24.8 Å². The number of rotatable bonds is 4. The lowest BCUT2D eigenvalue weighted by molar-refractivity contribution is 0.0953. The van der Waals surface area contributed by atoms with Gasteiger partial charge in [0, 0.05) is 11.3 Å². The lowest BCUT2D eigenvalue weighted by atomic mass is 10.1. The Balaban J connectivity index is 2.13. The second-order valence-electron chi connectivity index (χ2n) is 4.04. The molecule has 0 aliphatic rings. The van der Waals surface area contributed by atoms with E-state index in [-0.39, 0.29) is 5.91 Å². The predicted octanol–water partition coefficient (Wildman–Crippen LogP) is 2.19. The quantitative estimate of drug-likeness (QED) is 0.387. The van der Waals surface area contributed by atoms with Gasteiger partial charge >= 0.3 is 0 Å². The number of oxazole rings is 1. The van der Waals surface area contributed by atoms with Crippen molar-refractivity contribution in [2.24, 2.45) is 5.84 Å². The van der Waals surface area contributed by atoms with Crippen molar-refractivity contribution in [1.29, 1.82) is 0 Å². The molecule has 1 heterocycles. The molecule has 6 heteroatoms. The standard InChI is InChI=1S/C13H15N3O2S/c1-8-9(2)18-13(15-8)19-7-10-5-3-4-6-11(10)12(17)16-14/h3-6H,7,14H2,1-2H3,(H,16,17). The van der Waals surface area contributed by atoms with E-state index in [0.717, 1.165) is 17.0 Å². The van der Waals surface area contributed by atoms with Gasteiger partial charge in [0.15, 0.2) is 0 Å². The number of benzene rings is 1. The molecule has 100 valence electrons. The molecule has 5 nitrogen and oxygen atoms in total. The van der Waals surface area contributed by atoms with Crippen molar-refractivity contribution in [3.8, 4) is 0 Å². The van der Waals surface area contributed by atoms with Gasteiger partial charge in [0.05, 0.1) is 5.69 Å². The van der Waals surface area contributed by atoms with Crippen molar-refractivity contribution in [1.82, 2.24) is 10.4 Å². The fourth-order valence-corrected chi connectivity index (χ4v) is 2.51. The van der Waals surface area contributed by atoms with Gasteiger partial charge in [0.1, 0.15) is 5.76 Å². The lowest BCUT2D eigenvalue weighted by Crippen LogP contribution is -2.30. The number of amides is 1. The van der Waals surface area contributed by atoms with Crippen LogP contribution in [0.15, 0.2) is 33.9 Å². The molecule has 0 fully saturated rings. The Bertz CT molecular complexity index is 576. The van der Waals surface area contributed by atoms with E-state index >= 15 is 0 Å². The Labute approximate surface area is 115 Å². The van der Waals surface area contributed by atoms with Crippen LogP contribution in [0.25, 0.3) is 0 Å². The molecule has 0 aliphatic carbocycles. The molecule has 0 bridgehead atoms. The number of carbonyl (C=O) groups is 1. The highest BCUT2D eigenvalue weighted by molar-refractivity contribution is 7.98. The number of hydrazine groups is 1. The zero-order chi connectivity index (χ0) is 13.8. The number of aryl methyl sites for hydroxylation is 2. The van der Waals surface area contributed by atoms with Crippen LogP contribution in [-0.4, -0.2) is 10.9 Å². The van der Waals surface area contributed by atoms with Crippen LogP contribution in [-0.2, 0) is 5.75 Å². The van der Waals surface area contributed by atoms with Crippen molar-refractivity contribution in [3.63, 3.8) is 0 Å². The predicted molar refractivity (Wildman–Crippen MR) is 73.6 cm³/mol. The largest absolute Gasteiger partial charge is 0.437 e. The Morgan fingerprint density at radius 1 is 1.42 bits per heavy atom. The molecule has 0 aliphatic heterocycles. The van der Waals surface area contributed by atoms with Crippen molar-refractivity contribution in [3.05, 3.63) is 46.8 Å². The van der Waals surface area contributed by atoms with Crippen molar-refractivity contribution in [2.75, 3.05) is 0 Å². The normalized spacial score (nSPS) is 10.5. The van der Waals surface area contributed by atoms with Gasteiger partial charge in [-0.1, -0.05) is 30.0 Å². The molecule has 1 aromatic heterocycles. The molecule has 0 saturated heterocycles. The lowest BCUT2D eigenvalue weighted by Gasteiger charge is -2.06. The number of thioether (sulfide) groups is 1. The van der Waals surface area contributed by atoms with Gasteiger partial charge in [-0.3, -0.25) is 10.2 Å². The smallest absolute Gasteiger partial charge is 0.265 e. The first-order valence-corrected chi connectivity index (χ1v) is 6.76. The third kappa shape index (κ3) is 3.15. The average molecular weight is 277 g/mol. The van der Waals surface area contributed by atoms with Crippen molar-refractivity contribution >= 4 is 17.7 Å². The number of nitrogens with two attached hydrogens (primary N) is 1. The molecule has 1 aromatic carbocycles. The van der Waals surface area contributed by atoms with Gasteiger partial charge in [0.25, 0.3) is 11.1 Å². The molecule has 3 N–H and O–H groups in total. The number of nitrogens with one attached hydrogen (secondary N) is 1. The summed E-state index contributed by atoms with van der Waals surface area (Å²) in [6.45, 7) is 3.78. The van der Waals surface area contributed by atoms with Crippen LogP contribution >= 0.6 is 11.8 Å². The fraction of sp³-hybridized carbons (Fsp3) is 0.231. The maximum atomic E-state index is 11.6. The minimum absolute atomic E-state index is 0.295. The molecule has 19 heavy (non-hydrogen) atoms. The Hall–Kier alpha value is -1.79. The maximum absolute atomic E-state index is 11.6.